The third-order valence-corrected chi connectivity index (χ3v) is 6.15. The van der Waals surface area contributed by atoms with Gasteiger partial charge < -0.3 is 26.0 Å². The van der Waals surface area contributed by atoms with E-state index < -0.39 is 41.5 Å². The number of amides is 4. The van der Waals surface area contributed by atoms with E-state index in [0.717, 1.165) is 11.1 Å². The molecule has 0 aliphatic heterocycles. The van der Waals surface area contributed by atoms with E-state index in [1.807, 2.05) is 39.0 Å². The number of alkyl carbamates (subject to hydrolysis) is 1. The van der Waals surface area contributed by atoms with Crippen molar-refractivity contribution in [3.63, 3.8) is 0 Å². The number of primary amides is 1. The summed E-state index contributed by atoms with van der Waals surface area (Å²) in [5.41, 5.74) is 7.32. The molecule has 9 nitrogen and oxygen atoms in total. The van der Waals surface area contributed by atoms with Gasteiger partial charge in [-0.1, -0.05) is 60.5 Å². The molecule has 2 aromatic rings. The molecule has 10 heteroatoms. The van der Waals surface area contributed by atoms with E-state index in [4.69, 9.17) is 22.1 Å². The third-order valence-electron chi connectivity index (χ3n) is 5.84. The van der Waals surface area contributed by atoms with Crippen LogP contribution in [-0.4, -0.2) is 46.9 Å². The Morgan fingerprint density at radius 2 is 1.69 bits per heavy atom. The number of para-hydroxylation sites is 1. The molecular formula is C29H39ClN4O5. The average molecular weight is 559 g/mol. The quantitative estimate of drug-likeness (QED) is 0.356. The second-order valence-electron chi connectivity index (χ2n) is 10.5. The van der Waals surface area contributed by atoms with Crippen LogP contribution in [0.25, 0.3) is 0 Å². The fourth-order valence-corrected chi connectivity index (χ4v) is 4.27. The molecule has 2 aromatic carbocycles. The van der Waals surface area contributed by atoms with Gasteiger partial charge >= 0.3 is 6.09 Å². The highest BCUT2D eigenvalue weighted by Crippen LogP contribution is 2.30. The zero-order valence-corrected chi connectivity index (χ0v) is 24.2. The van der Waals surface area contributed by atoms with E-state index in [-0.39, 0.29) is 19.4 Å². The monoisotopic (exact) mass is 558 g/mol. The maximum Gasteiger partial charge on any atom is 0.408 e. The van der Waals surface area contributed by atoms with Gasteiger partial charge in [0.1, 0.15) is 17.7 Å². The maximum atomic E-state index is 14.0. The lowest BCUT2D eigenvalue weighted by Crippen LogP contribution is -2.52. The molecule has 0 aliphatic carbocycles. The number of hydrogen-bond acceptors (Lipinski definition) is 5. The molecule has 0 saturated heterocycles. The molecule has 4 amide bonds. The maximum absolute atomic E-state index is 14.0. The minimum Gasteiger partial charge on any atom is -0.444 e. The number of aryl methyl sites for hydroxylation is 2. The Kier molecular flexibility index (Phi) is 11.3. The first-order valence-corrected chi connectivity index (χ1v) is 13.3. The van der Waals surface area contributed by atoms with E-state index >= 15 is 0 Å². The summed E-state index contributed by atoms with van der Waals surface area (Å²) >= 11 is 6.38. The normalized spacial score (nSPS) is 12.7. The summed E-state index contributed by atoms with van der Waals surface area (Å²) in [6.07, 6.45) is -0.488. The summed E-state index contributed by atoms with van der Waals surface area (Å²) in [6, 6.07) is 10.4. The van der Waals surface area contributed by atoms with Crippen molar-refractivity contribution >= 4 is 41.1 Å². The van der Waals surface area contributed by atoms with Crippen molar-refractivity contribution in [3.8, 4) is 0 Å². The number of hydrogen-bond donors (Lipinski definition) is 3. The Bertz CT molecular complexity index is 1160. The first-order chi connectivity index (χ1) is 18.2. The molecular weight excluding hydrogens is 520 g/mol. The Labute approximate surface area is 235 Å². The number of benzene rings is 2. The Balaban J connectivity index is 2.53. The van der Waals surface area contributed by atoms with Crippen LogP contribution in [-0.2, 0) is 19.1 Å². The van der Waals surface area contributed by atoms with Gasteiger partial charge in [-0.25, -0.2) is 4.79 Å². The van der Waals surface area contributed by atoms with Gasteiger partial charge in [-0.2, -0.15) is 0 Å². The van der Waals surface area contributed by atoms with Crippen LogP contribution in [0.3, 0.4) is 0 Å². The highest BCUT2D eigenvalue weighted by molar-refractivity contribution is 6.34. The van der Waals surface area contributed by atoms with E-state index in [1.54, 1.807) is 45.0 Å². The van der Waals surface area contributed by atoms with E-state index in [1.165, 1.54) is 4.90 Å². The van der Waals surface area contributed by atoms with Crippen LogP contribution in [0.2, 0.25) is 5.02 Å². The molecule has 0 heterocycles. The number of ether oxygens (including phenoxy) is 1. The first kappa shape index (κ1) is 31.6. The van der Waals surface area contributed by atoms with Crippen LogP contribution < -0.4 is 16.4 Å². The summed E-state index contributed by atoms with van der Waals surface area (Å²) in [4.78, 5) is 53.5. The second-order valence-corrected chi connectivity index (χ2v) is 10.9. The predicted octanol–water partition coefficient (Wildman–Crippen LogP) is 5.03. The zero-order valence-electron chi connectivity index (χ0n) is 23.5. The predicted molar refractivity (Wildman–Crippen MR) is 152 cm³/mol. The minimum atomic E-state index is -1.15. The standard InChI is InChI=1S/C29H39ClN4O5/c1-7-17-34(27(37)22(15-16-23(31)35)32-28(38)39-29(4,5)6)25(20-13-11-18(2)12-14-20)26(36)33-24-19(3)9-8-10-21(24)30/h8-14,22,25H,7,15-17H2,1-6H3,(H2,31,35)(H,32,38)(H,33,36). The van der Waals surface area contributed by atoms with Gasteiger partial charge in [-0.15, -0.1) is 0 Å². The molecule has 2 atom stereocenters. The lowest BCUT2D eigenvalue weighted by atomic mass is 10.00. The number of carbonyl (C=O) groups is 4. The minimum absolute atomic E-state index is 0.0561. The molecule has 0 aromatic heterocycles. The van der Waals surface area contributed by atoms with Gasteiger partial charge in [0.25, 0.3) is 5.91 Å². The molecule has 0 radical (unpaired) electrons. The summed E-state index contributed by atoms with van der Waals surface area (Å²) in [5, 5.41) is 5.84. The molecule has 0 aliphatic rings. The first-order valence-electron chi connectivity index (χ1n) is 12.9. The summed E-state index contributed by atoms with van der Waals surface area (Å²) in [7, 11) is 0. The third kappa shape index (κ3) is 9.58. The van der Waals surface area contributed by atoms with Crippen molar-refractivity contribution in [1.82, 2.24) is 10.2 Å². The molecule has 0 spiro atoms. The Hall–Kier alpha value is -3.59. The van der Waals surface area contributed by atoms with Crippen LogP contribution in [0.1, 0.15) is 69.7 Å². The number of rotatable bonds is 11. The van der Waals surface area contributed by atoms with Crippen LogP contribution in [0.15, 0.2) is 42.5 Å². The number of nitrogens with two attached hydrogens (primary N) is 1. The van der Waals surface area contributed by atoms with Gasteiger partial charge in [0.05, 0.1) is 10.7 Å². The van der Waals surface area contributed by atoms with Gasteiger partial charge in [0, 0.05) is 13.0 Å². The van der Waals surface area contributed by atoms with Crippen LogP contribution in [0.5, 0.6) is 0 Å². The van der Waals surface area contributed by atoms with Gasteiger partial charge in [0.15, 0.2) is 0 Å². The number of carbonyl (C=O) groups excluding carboxylic acids is 4. The summed E-state index contributed by atoms with van der Waals surface area (Å²) < 4.78 is 5.35. The fourth-order valence-electron chi connectivity index (χ4n) is 4.00. The Morgan fingerprint density at radius 1 is 1.05 bits per heavy atom. The molecule has 0 bridgehead atoms. The topological polar surface area (TPSA) is 131 Å². The highest BCUT2D eigenvalue weighted by atomic mass is 35.5. The molecule has 4 N–H and O–H groups in total. The van der Waals surface area contributed by atoms with Crippen molar-refractivity contribution in [2.45, 2.75) is 78.5 Å². The van der Waals surface area contributed by atoms with Crippen LogP contribution >= 0.6 is 11.6 Å². The Morgan fingerprint density at radius 3 is 2.23 bits per heavy atom. The molecule has 2 unspecified atom stereocenters. The van der Waals surface area contributed by atoms with Crippen molar-refractivity contribution in [1.29, 1.82) is 0 Å². The average Bonchev–Trinajstić information content (AvgIpc) is 2.83. The molecule has 2 rings (SSSR count). The van der Waals surface area contributed by atoms with Gasteiger partial charge in [-0.3, -0.25) is 14.4 Å². The number of halogens is 1. The van der Waals surface area contributed by atoms with Crippen LogP contribution in [0.4, 0.5) is 10.5 Å². The van der Waals surface area contributed by atoms with E-state index in [0.29, 0.717) is 22.7 Å². The van der Waals surface area contributed by atoms with E-state index in [9.17, 15) is 19.2 Å². The summed E-state index contributed by atoms with van der Waals surface area (Å²) in [6.45, 7) is 10.9. The van der Waals surface area contributed by atoms with Crippen molar-refractivity contribution in [2.24, 2.45) is 5.73 Å². The second kappa shape index (κ2) is 14.0. The molecule has 0 saturated carbocycles. The van der Waals surface area contributed by atoms with E-state index in [2.05, 4.69) is 10.6 Å². The lowest BCUT2D eigenvalue weighted by Gasteiger charge is -2.34. The molecule has 212 valence electrons. The van der Waals surface area contributed by atoms with Crippen molar-refractivity contribution < 1.29 is 23.9 Å². The fraction of sp³-hybridized carbons (Fsp3) is 0.448. The SMILES string of the molecule is CCCN(C(=O)C(CCC(N)=O)NC(=O)OC(C)(C)C)C(C(=O)Nc1c(C)cccc1Cl)c1ccc(C)cc1. The van der Waals surface area contributed by atoms with Crippen LogP contribution in [0, 0.1) is 13.8 Å². The number of nitrogens with one attached hydrogen (secondary N) is 2. The zero-order chi connectivity index (χ0) is 29.3. The molecule has 0 fully saturated rings. The lowest BCUT2D eigenvalue weighted by molar-refractivity contribution is -0.141. The smallest absolute Gasteiger partial charge is 0.408 e. The van der Waals surface area contributed by atoms with Crippen molar-refractivity contribution in [3.05, 3.63) is 64.2 Å². The number of nitrogens with zero attached hydrogens (tertiary/aromatic N) is 1. The van der Waals surface area contributed by atoms with Crippen molar-refractivity contribution in [2.75, 3.05) is 11.9 Å². The number of anilines is 1. The largest absolute Gasteiger partial charge is 0.444 e. The molecule has 39 heavy (non-hydrogen) atoms. The highest BCUT2D eigenvalue weighted by Gasteiger charge is 2.36. The summed E-state index contributed by atoms with van der Waals surface area (Å²) in [5.74, 6) is -1.63. The van der Waals surface area contributed by atoms with Gasteiger partial charge in [0.2, 0.25) is 11.8 Å². The van der Waals surface area contributed by atoms with Gasteiger partial charge in [-0.05, 0) is 64.7 Å².